The summed E-state index contributed by atoms with van der Waals surface area (Å²) in [5.41, 5.74) is 0. The van der Waals surface area contributed by atoms with Crippen LogP contribution in [0.25, 0.3) is 0 Å². The maximum atomic E-state index is 12.9. The van der Waals surface area contributed by atoms with Crippen LogP contribution in [0.4, 0.5) is 0 Å². The smallest absolute Gasteiger partial charge is 0.361 e. The van der Waals surface area contributed by atoms with Gasteiger partial charge in [-0.15, -0.1) is 0 Å². The summed E-state index contributed by atoms with van der Waals surface area (Å²) in [6.45, 7) is 4.72. The molecular weight excluding hydrogens is 971 g/mol. The second-order valence-corrected chi connectivity index (χ2v) is 22.7. The van der Waals surface area contributed by atoms with Crippen LogP contribution in [0.1, 0.15) is 277 Å². The first kappa shape index (κ1) is 74.5. The lowest BCUT2D eigenvalue weighted by Gasteiger charge is -2.25. The second-order valence-electron chi connectivity index (χ2n) is 22.7. The van der Waals surface area contributed by atoms with Gasteiger partial charge in [0.25, 0.3) is 6.29 Å². The van der Waals surface area contributed by atoms with Crippen LogP contribution in [0, 0.1) is 0 Å². The number of carbonyl (C=O) groups excluding carboxylic acids is 2. The van der Waals surface area contributed by atoms with Gasteiger partial charge in [-0.05, 0) is 64.2 Å². The third-order valence-corrected chi connectivity index (χ3v) is 13.9. The van der Waals surface area contributed by atoms with Crippen molar-refractivity contribution in [2.75, 3.05) is 47.5 Å². The van der Waals surface area contributed by atoms with Crippen LogP contribution in [-0.2, 0) is 33.3 Å². The van der Waals surface area contributed by atoms with Crippen molar-refractivity contribution in [3.63, 3.8) is 0 Å². The normalized spacial score (nSPS) is 13.3. The summed E-state index contributed by atoms with van der Waals surface area (Å²) in [5, 5.41) is 9.72. The van der Waals surface area contributed by atoms with E-state index in [1.807, 2.05) is 21.1 Å². The van der Waals surface area contributed by atoms with E-state index in [-0.39, 0.29) is 38.6 Å². The number of quaternary nitrogens is 1. The Balaban J connectivity index is 4.21. The Labute approximate surface area is 480 Å². The molecule has 0 heterocycles. The Morgan fingerprint density at radius 3 is 1.08 bits per heavy atom. The summed E-state index contributed by atoms with van der Waals surface area (Å²) in [7, 11) is 5.95. The number of rotatable bonds is 59. The molecular formula is C69H122NO8+. The molecule has 0 spiro atoms. The van der Waals surface area contributed by atoms with Crippen LogP contribution in [0.3, 0.4) is 0 Å². The molecule has 0 aromatic heterocycles. The highest BCUT2D eigenvalue weighted by Crippen LogP contribution is 2.17. The van der Waals surface area contributed by atoms with Crippen molar-refractivity contribution in [2.24, 2.45) is 0 Å². The third kappa shape index (κ3) is 60.1. The summed E-state index contributed by atoms with van der Waals surface area (Å²) >= 11 is 0. The maximum Gasteiger partial charge on any atom is 0.361 e. The van der Waals surface area contributed by atoms with Gasteiger partial charge in [-0.2, -0.15) is 0 Å². The van der Waals surface area contributed by atoms with E-state index in [1.54, 1.807) is 0 Å². The van der Waals surface area contributed by atoms with Gasteiger partial charge in [-0.25, -0.2) is 4.79 Å². The number of carbonyl (C=O) groups is 3. The van der Waals surface area contributed by atoms with Crippen LogP contribution in [0.2, 0.25) is 0 Å². The molecule has 0 saturated heterocycles. The fourth-order valence-electron chi connectivity index (χ4n) is 9.01. The molecule has 0 rings (SSSR count). The highest BCUT2D eigenvalue weighted by Gasteiger charge is 2.25. The van der Waals surface area contributed by atoms with E-state index in [1.165, 1.54) is 173 Å². The van der Waals surface area contributed by atoms with Gasteiger partial charge in [-0.3, -0.25) is 9.59 Å². The first-order chi connectivity index (χ1) is 38.1. The zero-order chi connectivity index (χ0) is 56.9. The topological polar surface area (TPSA) is 108 Å². The largest absolute Gasteiger partial charge is 0.477 e. The van der Waals surface area contributed by atoms with Gasteiger partial charge in [0.1, 0.15) is 13.2 Å². The van der Waals surface area contributed by atoms with Gasteiger partial charge in [0, 0.05) is 12.8 Å². The predicted octanol–water partition coefficient (Wildman–Crippen LogP) is 19.5. The minimum Gasteiger partial charge on any atom is -0.477 e. The average Bonchev–Trinajstić information content (AvgIpc) is 3.41. The quantitative estimate of drug-likeness (QED) is 0.0211. The number of allylic oxidation sites excluding steroid dienone is 14. The van der Waals surface area contributed by atoms with Gasteiger partial charge < -0.3 is 28.5 Å². The molecule has 0 bridgehead atoms. The highest BCUT2D eigenvalue weighted by atomic mass is 16.7. The zero-order valence-corrected chi connectivity index (χ0v) is 51.3. The standard InChI is InChI=1S/C69H121NO8/c1-6-8-10-12-14-16-18-20-22-24-26-28-30-31-32-33-34-35-36-38-39-41-43-45-47-49-51-53-55-57-59-66(71)76-63-65(64-77-69(68(73)74)75-62-61-70(3,4)5)78-67(72)60-58-56-54-52-50-48-46-44-42-40-37-29-27-25-23-21-19-17-15-13-11-9-7-2/h9,11,15,17,21,23,27,29,40,42,46,48,52,54,65,69H,6-8,10,12-14,16,18-20,22,24-26,28,30-39,41,43-45,47,49-51,53,55-64H2,1-5H3/p+1/b11-9-,17-15-,23-21-,29-27-,42-40-,48-46-,54-52-. The minimum atomic E-state index is -1.53. The van der Waals surface area contributed by atoms with E-state index in [0.717, 1.165) is 70.6 Å². The number of carboxylic acid groups (broad SMARTS) is 1. The molecule has 78 heavy (non-hydrogen) atoms. The summed E-state index contributed by atoms with van der Waals surface area (Å²) in [6.07, 6.45) is 77.0. The molecule has 9 heteroatoms. The number of likely N-dealkylation sites (N-methyl/N-ethyl adjacent to an activating group) is 1. The Hall–Kier alpha value is -3.53. The van der Waals surface area contributed by atoms with Crippen molar-refractivity contribution in [3.8, 4) is 0 Å². The van der Waals surface area contributed by atoms with Gasteiger partial charge in [-0.1, -0.05) is 285 Å². The van der Waals surface area contributed by atoms with Gasteiger partial charge in [0.15, 0.2) is 6.10 Å². The molecule has 0 amide bonds. The fraction of sp³-hybridized carbons (Fsp3) is 0.754. The molecule has 0 fully saturated rings. The monoisotopic (exact) mass is 1090 g/mol. The van der Waals surface area contributed by atoms with Crippen LogP contribution in [-0.4, -0.2) is 87.4 Å². The van der Waals surface area contributed by atoms with E-state index in [2.05, 4.69) is 98.9 Å². The molecule has 2 atom stereocenters. The molecule has 0 aliphatic heterocycles. The molecule has 1 N–H and O–H groups in total. The van der Waals surface area contributed by atoms with Gasteiger partial charge in [0.2, 0.25) is 0 Å². The molecule has 0 aromatic rings. The fourth-order valence-corrected chi connectivity index (χ4v) is 9.01. The number of hydrogen-bond acceptors (Lipinski definition) is 7. The van der Waals surface area contributed by atoms with Crippen LogP contribution in [0.5, 0.6) is 0 Å². The van der Waals surface area contributed by atoms with E-state index in [0.29, 0.717) is 17.4 Å². The first-order valence-corrected chi connectivity index (χ1v) is 32.3. The number of ether oxygens (including phenoxy) is 4. The van der Waals surface area contributed by atoms with Crippen LogP contribution < -0.4 is 0 Å². The molecule has 0 saturated carbocycles. The van der Waals surface area contributed by atoms with Crippen LogP contribution >= 0.6 is 0 Å². The summed E-state index contributed by atoms with van der Waals surface area (Å²) in [6, 6.07) is 0. The average molecular weight is 1090 g/mol. The molecule has 0 aromatic carbocycles. The second kappa shape index (κ2) is 59.6. The number of esters is 2. The van der Waals surface area contributed by atoms with E-state index in [4.69, 9.17) is 18.9 Å². The number of aliphatic carboxylic acids is 1. The molecule has 9 nitrogen and oxygen atoms in total. The summed E-state index contributed by atoms with van der Waals surface area (Å²) in [4.78, 5) is 37.5. The first-order valence-electron chi connectivity index (χ1n) is 32.3. The zero-order valence-electron chi connectivity index (χ0n) is 51.3. The lowest BCUT2D eigenvalue weighted by atomic mass is 10.0. The van der Waals surface area contributed by atoms with Crippen molar-refractivity contribution in [1.29, 1.82) is 0 Å². The highest BCUT2D eigenvalue weighted by molar-refractivity contribution is 5.71. The maximum absolute atomic E-state index is 12.9. The number of hydrogen-bond donors (Lipinski definition) is 1. The SMILES string of the molecule is CC/C=C\C/C=C\C/C=C\C/C=C\C/C=C\C/C=C\C/C=C\CCCC(=O)OC(COC(=O)CCCCCCCCCCCCCCCCCCCCCCCCCCCCCCCC)COC(OCC[N+](C)(C)C)C(=O)O. The van der Waals surface area contributed by atoms with E-state index < -0.39 is 24.3 Å². The lowest BCUT2D eigenvalue weighted by molar-refractivity contribution is -0.870. The van der Waals surface area contributed by atoms with E-state index in [9.17, 15) is 19.5 Å². The van der Waals surface area contributed by atoms with Crippen molar-refractivity contribution in [2.45, 2.75) is 289 Å². The Morgan fingerprint density at radius 1 is 0.397 bits per heavy atom. The molecule has 0 aliphatic carbocycles. The molecule has 450 valence electrons. The molecule has 2 unspecified atom stereocenters. The molecule has 0 radical (unpaired) electrons. The number of carboxylic acids is 1. The summed E-state index contributed by atoms with van der Waals surface area (Å²) < 4.78 is 22.9. The van der Waals surface area contributed by atoms with Gasteiger partial charge >= 0.3 is 17.9 Å². The minimum absolute atomic E-state index is 0.174. The number of nitrogens with zero attached hydrogens (tertiary/aromatic N) is 1. The van der Waals surface area contributed by atoms with Crippen molar-refractivity contribution >= 4 is 17.9 Å². The van der Waals surface area contributed by atoms with Crippen molar-refractivity contribution < 1.29 is 42.9 Å². The van der Waals surface area contributed by atoms with Crippen LogP contribution in [0.15, 0.2) is 85.1 Å². The molecule has 0 aliphatic rings. The number of unbranched alkanes of at least 4 members (excludes halogenated alkanes) is 30. The predicted molar refractivity (Wildman–Crippen MR) is 332 cm³/mol. The van der Waals surface area contributed by atoms with Gasteiger partial charge in [0.05, 0.1) is 34.4 Å². The summed E-state index contributed by atoms with van der Waals surface area (Å²) in [5.74, 6) is -2.08. The van der Waals surface area contributed by atoms with Crippen molar-refractivity contribution in [3.05, 3.63) is 85.1 Å². The van der Waals surface area contributed by atoms with Crippen molar-refractivity contribution in [1.82, 2.24) is 0 Å². The van der Waals surface area contributed by atoms with E-state index >= 15 is 0 Å². The third-order valence-electron chi connectivity index (χ3n) is 13.9. The Morgan fingerprint density at radius 2 is 0.731 bits per heavy atom. The lowest BCUT2D eigenvalue weighted by Crippen LogP contribution is -2.40. The Bertz CT molecular complexity index is 1550. The Kier molecular flexibility index (Phi) is 56.9.